The molecule has 6 nitrogen and oxygen atoms in total. The van der Waals surface area contributed by atoms with Crippen LogP contribution in [-0.4, -0.2) is 15.1 Å². The van der Waals surface area contributed by atoms with Crippen LogP contribution in [0.2, 0.25) is 5.02 Å². The lowest BCUT2D eigenvalue weighted by Gasteiger charge is -2.18. The summed E-state index contributed by atoms with van der Waals surface area (Å²) < 4.78 is 5.92. The maximum atomic E-state index is 5.96. The van der Waals surface area contributed by atoms with Gasteiger partial charge in [-0.05, 0) is 66.7 Å². The molecule has 8 heteroatoms. The molecule has 166 valence electrons. The first-order valence-corrected chi connectivity index (χ1v) is 11.4. The molecule has 2 aromatic carbocycles. The maximum Gasteiger partial charge on any atom is 0.231 e. The highest BCUT2D eigenvalue weighted by Crippen LogP contribution is 2.28. The maximum absolute atomic E-state index is 5.96. The number of aryl methyl sites for hydroxylation is 1. The highest BCUT2D eigenvalue weighted by atomic mass is 35.5. The molecular formula is C25H22ClN5OS. The SMILES string of the molecule is Cc1cc(N2Cc3ccccc3C2)nc(NC(=S)NCc2ccc(-c3ccc(Cl)cc3)o2)n1. The van der Waals surface area contributed by atoms with Gasteiger partial charge in [0.15, 0.2) is 5.11 Å². The number of halogens is 1. The van der Waals surface area contributed by atoms with Crippen molar-refractivity contribution < 1.29 is 4.42 Å². The predicted molar refractivity (Wildman–Crippen MR) is 135 cm³/mol. The number of furan rings is 1. The van der Waals surface area contributed by atoms with Crippen LogP contribution < -0.4 is 15.5 Å². The Labute approximate surface area is 202 Å². The van der Waals surface area contributed by atoms with E-state index < -0.39 is 0 Å². The third-order valence-electron chi connectivity index (χ3n) is 5.44. The largest absolute Gasteiger partial charge is 0.459 e. The summed E-state index contributed by atoms with van der Waals surface area (Å²) in [6, 6.07) is 21.8. The molecule has 0 saturated heterocycles. The molecular weight excluding hydrogens is 454 g/mol. The zero-order valence-corrected chi connectivity index (χ0v) is 19.6. The van der Waals surface area contributed by atoms with Crippen LogP contribution in [0, 0.1) is 6.92 Å². The highest BCUT2D eigenvalue weighted by Gasteiger charge is 2.20. The van der Waals surface area contributed by atoms with Gasteiger partial charge in [0.2, 0.25) is 5.95 Å². The molecule has 1 aliphatic heterocycles. The van der Waals surface area contributed by atoms with Crippen LogP contribution in [0.1, 0.15) is 22.6 Å². The minimum Gasteiger partial charge on any atom is -0.459 e. The Morgan fingerprint density at radius 1 is 1.03 bits per heavy atom. The van der Waals surface area contributed by atoms with Crippen molar-refractivity contribution in [3.8, 4) is 11.3 Å². The van der Waals surface area contributed by atoms with Crippen molar-refractivity contribution in [2.75, 3.05) is 10.2 Å². The fourth-order valence-electron chi connectivity index (χ4n) is 3.82. The van der Waals surface area contributed by atoms with Gasteiger partial charge >= 0.3 is 0 Å². The van der Waals surface area contributed by atoms with Crippen molar-refractivity contribution in [2.24, 2.45) is 0 Å². The zero-order chi connectivity index (χ0) is 22.8. The molecule has 0 fully saturated rings. The van der Waals surface area contributed by atoms with E-state index in [1.54, 1.807) is 0 Å². The molecule has 3 heterocycles. The fourth-order valence-corrected chi connectivity index (χ4v) is 4.11. The summed E-state index contributed by atoms with van der Waals surface area (Å²) in [5.74, 6) is 2.90. The molecule has 2 aromatic heterocycles. The highest BCUT2D eigenvalue weighted by molar-refractivity contribution is 7.80. The molecule has 0 spiro atoms. The average Bonchev–Trinajstić information content (AvgIpc) is 3.45. The van der Waals surface area contributed by atoms with Gasteiger partial charge in [-0.3, -0.25) is 0 Å². The summed E-state index contributed by atoms with van der Waals surface area (Å²) in [5, 5.41) is 7.38. The van der Waals surface area contributed by atoms with Crippen molar-refractivity contribution in [2.45, 2.75) is 26.6 Å². The summed E-state index contributed by atoms with van der Waals surface area (Å²) in [7, 11) is 0. The monoisotopic (exact) mass is 475 g/mol. The van der Waals surface area contributed by atoms with Crippen LogP contribution in [0.5, 0.6) is 0 Å². The first-order valence-electron chi connectivity index (χ1n) is 10.6. The Hall–Kier alpha value is -3.42. The lowest BCUT2D eigenvalue weighted by Crippen LogP contribution is -2.29. The van der Waals surface area contributed by atoms with Gasteiger partial charge < -0.3 is 20.0 Å². The molecule has 33 heavy (non-hydrogen) atoms. The van der Waals surface area contributed by atoms with Gasteiger partial charge in [-0.2, -0.15) is 4.98 Å². The molecule has 0 unspecified atom stereocenters. The molecule has 0 saturated carbocycles. The Kier molecular flexibility index (Phi) is 5.98. The Morgan fingerprint density at radius 3 is 2.48 bits per heavy atom. The zero-order valence-electron chi connectivity index (χ0n) is 18.0. The minimum atomic E-state index is 0.431. The summed E-state index contributed by atoms with van der Waals surface area (Å²) in [4.78, 5) is 11.4. The van der Waals surface area contributed by atoms with Crippen molar-refractivity contribution >= 4 is 40.7 Å². The van der Waals surface area contributed by atoms with Crippen LogP contribution in [-0.2, 0) is 19.6 Å². The van der Waals surface area contributed by atoms with E-state index in [9.17, 15) is 0 Å². The third-order valence-corrected chi connectivity index (χ3v) is 5.94. The smallest absolute Gasteiger partial charge is 0.231 e. The first kappa shape index (κ1) is 21.4. The lowest BCUT2D eigenvalue weighted by molar-refractivity contribution is 0.516. The van der Waals surface area contributed by atoms with E-state index in [4.69, 9.17) is 28.2 Å². The van der Waals surface area contributed by atoms with Crippen LogP contribution in [0.25, 0.3) is 11.3 Å². The van der Waals surface area contributed by atoms with E-state index in [0.29, 0.717) is 22.6 Å². The number of benzene rings is 2. The van der Waals surface area contributed by atoms with Gasteiger partial charge in [0.05, 0.1) is 6.54 Å². The molecule has 0 bridgehead atoms. The van der Waals surface area contributed by atoms with E-state index in [2.05, 4.69) is 49.8 Å². The van der Waals surface area contributed by atoms with Crippen molar-refractivity contribution in [1.29, 1.82) is 0 Å². The number of nitrogens with zero attached hydrogens (tertiary/aromatic N) is 3. The normalized spacial score (nSPS) is 12.5. The van der Waals surface area contributed by atoms with E-state index >= 15 is 0 Å². The van der Waals surface area contributed by atoms with E-state index in [1.165, 1.54) is 11.1 Å². The molecule has 0 amide bonds. The molecule has 2 N–H and O–H groups in total. The Morgan fingerprint density at radius 2 is 1.76 bits per heavy atom. The Balaban J connectivity index is 1.20. The number of rotatable bonds is 5. The predicted octanol–water partition coefficient (Wildman–Crippen LogP) is 5.71. The number of aromatic nitrogens is 2. The molecule has 0 aliphatic carbocycles. The van der Waals surface area contributed by atoms with E-state index in [1.807, 2.05) is 49.4 Å². The molecule has 5 rings (SSSR count). The van der Waals surface area contributed by atoms with Gasteiger partial charge in [-0.25, -0.2) is 4.98 Å². The summed E-state index contributed by atoms with van der Waals surface area (Å²) in [6.45, 7) is 4.07. The van der Waals surface area contributed by atoms with Crippen LogP contribution >= 0.6 is 23.8 Å². The second-order valence-electron chi connectivity index (χ2n) is 7.90. The average molecular weight is 476 g/mol. The number of hydrogen-bond acceptors (Lipinski definition) is 5. The van der Waals surface area contributed by atoms with Gasteiger partial charge in [0.25, 0.3) is 0 Å². The number of hydrogen-bond donors (Lipinski definition) is 2. The summed E-state index contributed by atoms with van der Waals surface area (Å²) in [5.41, 5.74) is 4.50. The fraction of sp³-hybridized carbons (Fsp3) is 0.160. The second kappa shape index (κ2) is 9.21. The Bertz CT molecular complexity index is 1280. The number of nitrogens with one attached hydrogen (secondary N) is 2. The van der Waals surface area contributed by atoms with E-state index in [-0.39, 0.29) is 0 Å². The molecule has 1 aliphatic rings. The standard InChI is InChI=1S/C25H22ClN5OS/c1-16-12-23(31-14-18-4-2-3-5-19(18)15-31)29-24(28-16)30-25(33)27-13-21-10-11-22(32-21)17-6-8-20(26)9-7-17/h2-12H,13-15H2,1H3,(H2,27,28,29,30,33). The van der Waals surface area contributed by atoms with Crippen molar-refractivity contribution in [1.82, 2.24) is 15.3 Å². The van der Waals surface area contributed by atoms with E-state index in [0.717, 1.165) is 41.7 Å². The molecule has 0 atom stereocenters. The lowest BCUT2D eigenvalue weighted by atomic mass is 10.1. The number of thiocarbonyl (C=S) groups is 1. The van der Waals surface area contributed by atoms with Crippen LogP contribution in [0.4, 0.5) is 11.8 Å². The number of fused-ring (bicyclic) bond motifs is 1. The quantitative estimate of drug-likeness (QED) is 0.358. The summed E-state index contributed by atoms with van der Waals surface area (Å²) >= 11 is 11.4. The molecule has 0 radical (unpaired) electrons. The first-order chi connectivity index (χ1) is 16.0. The molecule has 4 aromatic rings. The summed E-state index contributed by atoms with van der Waals surface area (Å²) in [6.07, 6.45) is 0. The third kappa shape index (κ3) is 4.99. The second-order valence-corrected chi connectivity index (χ2v) is 8.74. The van der Waals surface area contributed by atoms with Crippen molar-refractivity contribution in [3.63, 3.8) is 0 Å². The van der Waals surface area contributed by atoms with Crippen LogP contribution in [0.15, 0.2) is 71.1 Å². The number of anilines is 2. The van der Waals surface area contributed by atoms with Gasteiger partial charge in [0.1, 0.15) is 17.3 Å². The minimum absolute atomic E-state index is 0.431. The van der Waals surface area contributed by atoms with Gasteiger partial charge in [-0.15, -0.1) is 0 Å². The van der Waals surface area contributed by atoms with Gasteiger partial charge in [0, 0.05) is 35.4 Å². The van der Waals surface area contributed by atoms with Crippen molar-refractivity contribution in [3.05, 3.63) is 94.3 Å². The van der Waals surface area contributed by atoms with Crippen LogP contribution in [0.3, 0.4) is 0 Å². The topological polar surface area (TPSA) is 66.2 Å². The van der Waals surface area contributed by atoms with Gasteiger partial charge in [-0.1, -0.05) is 35.9 Å².